The standard InChI is InChI=1S/C27H32FN3O3/c1-33-24-13-14-25(26(17-24)34-2)29-27(32)31(22-10-4-3-5-11-22)19-23-12-7-15-30(23)18-20-8-6-9-21(28)16-20/h6-9,12-17,22H,3-5,10-11,18-19H2,1-2H3,(H,29,32). The van der Waals surface area contributed by atoms with Gasteiger partial charge in [-0.15, -0.1) is 0 Å². The lowest BCUT2D eigenvalue weighted by atomic mass is 9.94. The Morgan fingerprint density at radius 1 is 1.06 bits per heavy atom. The summed E-state index contributed by atoms with van der Waals surface area (Å²) in [7, 11) is 3.17. The maximum atomic E-state index is 13.7. The Kier molecular flexibility index (Phi) is 7.72. The van der Waals surface area contributed by atoms with Gasteiger partial charge in [-0.2, -0.15) is 0 Å². The van der Waals surface area contributed by atoms with Crippen molar-refractivity contribution in [3.05, 3.63) is 77.9 Å². The Labute approximate surface area is 200 Å². The van der Waals surface area contributed by atoms with Crippen molar-refractivity contribution in [3.8, 4) is 11.5 Å². The van der Waals surface area contributed by atoms with Gasteiger partial charge >= 0.3 is 6.03 Å². The molecule has 0 atom stereocenters. The molecule has 180 valence electrons. The molecule has 1 aliphatic carbocycles. The topological polar surface area (TPSA) is 55.7 Å². The maximum absolute atomic E-state index is 13.7. The minimum Gasteiger partial charge on any atom is -0.497 e. The summed E-state index contributed by atoms with van der Waals surface area (Å²) in [6, 6.07) is 16.0. The van der Waals surface area contributed by atoms with Crippen LogP contribution in [-0.4, -0.2) is 35.8 Å². The number of hydrogen-bond acceptors (Lipinski definition) is 3. The summed E-state index contributed by atoms with van der Waals surface area (Å²) >= 11 is 0. The third-order valence-electron chi connectivity index (χ3n) is 6.42. The number of halogens is 1. The highest BCUT2D eigenvalue weighted by Crippen LogP contribution is 2.31. The molecular weight excluding hydrogens is 433 g/mol. The molecule has 0 aliphatic heterocycles. The summed E-state index contributed by atoms with van der Waals surface area (Å²) in [6.45, 7) is 1.02. The molecule has 7 heteroatoms. The number of rotatable bonds is 8. The molecule has 0 spiro atoms. The van der Waals surface area contributed by atoms with Crippen molar-refractivity contribution >= 4 is 11.7 Å². The summed E-state index contributed by atoms with van der Waals surface area (Å²) in [5.41, 5.74) is 2.49. The SMILES string of the molecule is COc1ccc(NC(=O)N(Cc2cccn2Cc2cccc(F)c2)C2CCCCC2)c(OC)c1. The van der Waals surface area contributed by atoms with Gasteiger partial charge in [-0.3, -0.25) is 0 Å². The van der Waals surface area contributed by atoms with E-state index < -0.39 is 0 Å². The van der Waals surface area contributed by atoms with Crippen LogP contribution in [-0.2, 0) is 13.1 Å². The Balaban J connectivity index is 1.56. The molecule has 0 bridgehead atoms. The van der Waals surface area contributed by atoms with E-state index in [4.69, 9.17) is 9.47 Å². The summed E-state index contributed by atoms with van der Waals surface area (Å²) in [5, 5.41) is 3.05. The Bertz CT molecular complexity index is 1110. The van der Waals surface area contributed by atoms with Gasteiger partial charge in [0.25, 0.3) is 0 Å². The van der Waals surface area contributed by atoms with E-state index in [-0.39, 0.29) is 17.9 Å². The molecule has 1 N–H and O–H groups in total. The van der Waals surface area contributed by atoms with E-state index in [1.165, 1.54) is 12.5 Å². The van der Waals surface area contributed by atoms with Gasteiger partial charge in [-0.1, -0.05) is 31.4 Å². The number of anilines is 1. The van der Waals surface area contributed by atoms with E-state index in [9.17, 15) is 9.18 Å². The number of nitrogens with zero attached hydrogens (tertiary/aromatic N) is 2. The second-order valence-corrected chi connectivity index (χ2v) is 8.67. The predicted octanol–water partition coefficient (Wildman–Crippen LogP) is 6.06. The first-order valence-electron chi connectivity index (χ1n) is 11.8. The summed E-state index contributed by atoms with van der Waals surface area (Å²) in [6.07, 6.45) is 7.38. The molecular formula is C27H32FN3O3. The third kappa shape index (κ3) is 5.71. The van der Waals surface area contributed by atoms with Crippen molar-refractivity contribution in [2.75, 3.05) is 19.5 Å². The molecule has 1 aromatic heterocycles. The molecule has 0 radical (unpaired) electrons. The number of methoxy groups -OCH3 is 2. The summed E-state index contributed by atoms with van der Waals surface area (Å²) in [5.74, 6) is 0.961. The molecule has 2 amide bonds. The summed E-state index contributed by atoms with van der Waals surface area (Å²) in [4.78, 5) is 15.5. The van der Waals surface area contributed by atoms with Crippen LogP contribution in [0.1, 0.15) is 43.4 Å². The van der Waals surface area contributed by atoms with Gasteiger partial charge in [-0.05, 0) is 54.8 Å². The fourth-order valence-corrected chi connectivity index (χ4v) is 4.60. The predicted molar refractivity (Wildman–Crippen MR) is 131 cm³/mol. The van der Waals surface area contributed by atoms with E-state index in [2.05, 4.69) is 9.88 Å². The first-order valence-corrected chi connectivity index (χ1v) is 11.8. The highest BCUT2D eigenvalue weighted by molar-refractivity contribution is 5.91. The van der Waals surface area contributed by atoms with Crippen LogP contribution in [0.4, 0.5) is 14.9 Å². The highest BCUT2D eigenvalue weighted by atomic mass is 19.1. The highest BCUT2D eigenvalue weighted by Gasteiger charge is 2.27. The minimum absolute atomic E-state index is 0.158. The van der Waals surface area contributed by atoms with Crippen LogP contribution in [0, 0.1) is 5.82 Å². The lowest BCUT2D eigenvalue weighted by Gasteiger charge is -2.34. The van der Waals surface area contributed by atoms with Gasteiger partial charge in [0.05, 0.1) is 26.5 Å². The van der Waals surface area contributed by atoms with Gasteiger partial charge in [0.2, 0.25) is 0 Å². The van der Waals surface area contributed by atoms with Gasteiger partial charge in [0.1, 0.15) is 17.3 Å². The van der Waals surface area contributed by atoms with Crippen LogP contribution in [0.5, 0.6) is 11.5 Å². The number of amides is 2. The Morgan fingerprint density at radius 3 is 2.62 bits per heavy atom. The number of aromatic nitrogens is 1. The van der Waals surface area contributed by atoms with E-state index in [1.54, 1.807) is 44.6 Å². The van der Waals surface area contributed by atoms with Crippen LogP contribution < -0.4 is 14.8 Å². The summed E-state index contributed by atoms with van der Waals surface area (Å²) < 4.78 is 26.5. The zero-order valence-corrected chi connectivity index (χ0v) is 19.8. The van der Waals surface area contributed by atoms with E-state index in [1.807, 2.05) is 29.3 Å². The normalized spacial score (nSPS) is 14.0. The van der Waals surface area contributed by atoms with Crippen molar-refractivity contribution in [2.24, 2.45) is 0 Å². The number of benzene rings is 2. The van der Waals surface area contributed by atoms with Crippen LogP contribution in [0.3, 0.4) is 0 Å². The monoisotopic (exact) mass is 465 g/mol. The number of hydrogen-bond donors (Lipinski definition) is 1. The van der Waals surface area contributed by atoms with Crippen molar-refractivity contribution in [2.45, 2.75) is 51.2 Å². The van der Waals surface area contributed by atoms with E-state index in [0.717, 1.165) is 36.9 Å². The van der Waals surface area contributed by atoms with Crippen molar-refractivity contribution in [3.63, 3.8) is 0 Å². The lowest BCUT2D eigenvalue weighted by Crippen LogP contribution is -2.43. The quantitative estimate of drug-likeness (QED) is 0.440. The number of carbonyl (C=O) groups is 1. The first kappa shape index (κ1) is 23.7. The number of urea groups is 1. The molecule has 1 aliphatic rings. The van der Waals surface area contributed by atoms with Crippen LogP contribution >= 0.6 is 0 Å². The van der Waals surface area contributed by atoms with Crippen LogP contribution in [0.15, 0.2) is 60.8 Å². The van der Waals surface area contributed by atoms with Crippen LogP contribution in [0.25, 0.3) is 0 Å². The number of nitrogens with one attached hydrogen (secondary N) is 1. The molecule has 0 saturated heterocycles. The fraction of sp³-hybridized carbons (Fsp3) is 0.370. The Morgan fingerprint density at radius 2 is 1.88 bits per heavy atom. The zero-order chi connectivity index (χ0) is 23.9. The molecule has 4 rings (SSSR count). The lowest BCUT2D eigenvalue weighted by molar-refractivity contribution is 0.161. The Hall–Kier alpha value is -3.48. The molecule has 3 aromatic rings. The van der Waals surface area contributed by atoms with E-state index in [0.29, 0.717) is 30.3 Å². The maximum Gasteiger partial charge on any atom is 0.322 e. The third-order valence-corrected chi connectivity index (χ3v) is 6.42. The number of carbonyl (C=O) groups excluding carboxylic acids is 1. The van der Waals surface area contributed by atoms with Crippen molar-refractivity contribution in [1.82, 2.24) is 9.47 Å². The smallest absolute Gasteiger partial charge is 0.322 e. The molecule has 2 aromatic carbocycles. The van der Waals surface area contributed by atoms with Crippen LogP contribution in [0.2, 0.25) is 0 Å². The molecule has 1 heterocycles. The first-order chi connectivity index (χ1) is 16.6. The fourth-order valence-electron chi connectivity index (χ4n) is 4.60. The molecule has 1 saturated carbocycles. The van der Waals surface area contributed by atoms with Gasteiger partial charge < -0.3 is 24.3 Å². The van der Waals surface area contributed by atoms with Gasteiger partial charge in [0.15, 0.2) is 0 Å². The van der Waals surface area contributed by atoms with Gasteiger partial charge in [0, 0.05) is 30.5 Å². The molecule has 1 fully saturated rings. The second kappa shape index (κ2) is 11.1. The molecule has 0 unspecified atom stereocenters. The molecule has 6 nitrogen and oxygen atoms in total. The van der Waals surface area contributed by atoms with Gasteiger partial charge in [-0.25, -0.2) is 9.18 Å². The average Bonchev–Trinajstić information content (AvgIpc) is 3.29. The zero-order valence-electron chi connectivity index (χ0n) is 19.8. The average molecular weight is 466 g/mol. The van der Waals surface area contributed by atoms with Crippen molar-refractivity contribution in [1.29, 1.82) is 0 Å². The number of ether oxygens (including phenoxy) is 2. The second-order valence-electron chi connectivity index (χ2n) is 8.67. The van der Waals surface area contributed by atoms with E-state index >= 15 is 0 Å². The molecule has 34 heavy (non-hydrogen) atoms. The largest absolute Gasteiger partial charge is 0.497 e. The van der Waals surface area contributed by atoms with Crippen molar-refractivity contribution < 1.29 is 18.7 Å². The minimum atomic E-state index is -0.247.